The molecule has 2 rings (SSSR count). The van der Waals surface area contributed by atoms with E-state index in [1.807, 2.05) is 13.8 Å². The fraction of sp³-hybridized carbons (Fsp3) is 0.667. The van der Waals surface area contributed by atoms with Gasteiger partial charge in [-0.05, 0) is 32.4 Å². The molecule has 1 aliphatic heterocycles. The lowest BCUT2D eigenvalue weighted by Crippen LogP contribution is -2.50. The molecule has 1 aliphatic rings. The van der Waals surface area contributed by atoms with Crippen molar-refractivity contribution in [3.63, 3.8) is 0 Å². The molecule has 2 heterocycles. The van der Waals surface area contributed by atoms with E-state index in [1.54, 1.807) is 12.1 Å². The van der Waals surface area contributed by atoms with E-state index in [0.717, 1.165) is 4.88 Å². The van der Waals surface area contributed by atoms with Crippen molar-refractivity contribution in [2.45, 2.75) is 42.5 Å². The van der Waals surface area contributed by atoms with Crippen LogP contribution in [-0.2, 0) is 21.2 Å². The molecule has 0 saturated carbocycles. The number of hydrogen-bond donors (Lipinski definition) is 2. The SMILES string of the molecule is CC1OCCC1(C)NS(=O)(=O)c1ccc(CCO)s1. The molecule has 2 N–H and O–H groups in total. The summed E-state index contributed by atoms with van der Waals surface area (Å²) in [7, 11) is -3.53. The normalized spacial score (nSPS) is 27.8. The largest absolute Gasteiger partial charge is 0.396 e. The van der Waals surface area contributed by atoms with Gasteiger partial charge in [-0.25, -0.2) is 13.1 Å². The fourth-order valence-corrected chi connectivity index (χ4v) is 4.91. The average Bonchev–Trinajstić information content (AvgIpc) is 2.88. The third-order valence-corrected chi connectivity index (χ3v) is 6.76. The number of ether oxygens (including phenoxy) is 1. The van der Waals surface area contributed by atoms with E-state index < -0.39 is 15.6 Å². The highest BCUT2D eigenvalue weighted by molar-refractivity contribution is 7.91. The van der Waals surface area contributed by atoms with E-state index >= 15 is 0 Å². The van der Waals surface area contributed by atoms with Crippen molar-refractivity contribution in [3.05, 3.63) is 17.0 Å². The first-order valence-corrected chi connectivity index (χ1v) is 8.52. The first-order valence-electron chi connectivity index (χ1n) is 6.22. The van der Waals surface area contributed by atoms with Crippen molar-refractivity contribution >= 4 is 21.4 Å². The summed E-state index contributed by atoms with van der Waals surface area (Å²) >= 11 is 1.20. The van der Waals surface area contributed by atoms with Crippen LogP contribution in [0, 0.1) is 0 Å². The van der Waals surface area contributed by atoms with Crippen LogP contribution < -0.4 is 4.72 Å². The van der Waals surface area contributed by atoms with Crippen LogP contribution in [0.2, 0.25) is 0 Å². The van der Waals surface area contributed by atoms with Gasteiger partial charge in [-0.3, -0.25) is 0 Å². The molecule has 5 nitrogen and oxygen atoms in total. The summed E-state index contributed by atoms with van der Waals surface area (Å²) in [5.41, 5.74) is -0.556. The average molecular weight is 305 g/mol. The molecule has 108 valence electrons. The fourth-order valence-electron chi connectivity index (χ4n) is 2.07. The second kappa shape index (κ2) is 5.49. The van der Waals surface area contributed by atoms with Crippen LogP contribution in [0.1, 0.15) is 25.1 Å². The lowest BCUT2D eigenvalue weighted by atomic mass is 9.97. The van der Waals surface area contributed by atoms with E-state index in [1.165, 1.54) is 11.3 Å². The van der Waals surface area contributed by atoms with Gasteiger partial charge in [-0.2, -0.15) is 0 Å². The van der Waals surface area contributed by atoms with E-state index in [2.05, 4.69) is 4.72 Å². The van der Waals surface area contributed by atoms with Crippen molar-refractivity contribution in [2.75, 3.05) is 13.2 Å². The van der Waals surface area contributed by atoms with Gasteiger partial charge >= 0.3 is 0 Å². The molecule has 0 amide bonds. The maximum atomic E-state index is 12.3. The number of aliphatic hydroxyl groups excluding tert-OH is 1. The molecule has 2 unspecified atom stereocenters. The lowest BCUT2D eigenvalue weighted by Gasteiger charge is -2.28. The summed E-state index contributed by atoms with van der Waals surface area (Å²) in [6.45, 7) is 4.34. The van der Waals surface area contributed by atoms with Gasteiger partial charge in [-0.1, -0.05) is 0 Å². The minimum atomic E-state index is -3.53. The Morgan fingerprint density at radius 3 is 2.89 bits per heavy atom. The predicted octanol–water partition coefficient (Wildman–Crippen LogP) is 1.13. The van der Waals surface area contributed by atoms with Gasteiger partial charge in [0.1, 0.15) is 4.21 Å². The number of rotatable bonds is 5. The smallest absolute Gasteiger partial charge is 0.250 e. The molecule has 2 atom stereocenters. The predicted molar refractivity (Wildman–Crippen MR) is 73.9 cm³/mol. The first kappa shape index (κ1) is 14.9. The Kier molecular flexibility index (Phi) is 4.32. The maximum absolute atomic E-state index is 12.3. The van der Waals surface area contributed by atoms with Gasteiger partial charge < -0.3 is 9.84 Å². The van der Waals surface area contributed by atoms with Crippen molar-refractivity contribution < 1.29 is 18.3 Å². The van der Waals surface area contributed by atoms with Gasteiger partial charge in [0, 0.05) is 24.5 Å². The van der Waals surface area contributed by atoms with Gasteiger partial charge in [0.05, 0.1) is 11.6 Å². The molecule has 1 aromatic heterocycles. The second-order valence-electron chi connectivity index (χ2n) is 4.98. The van der Waals surface area contributed by atoms with E-state index in [4.69, 9.17) is 9.84 Å². The molecule has 0 aromatic carbocycles. The Morgan fingerprint density at radius 2 is 2.32 bits per heavy atom. The van der Waals surface area contributed by atoms with Crippen molar-refractivity contribution in [1.82, 2.24) is 4.72 Å². The Morgan fingerprint density at radius 1 is 1.58 bits per heavy atom. The summed E-state index contributed by atoms with van der Waals surface area (Å²) in [6.07, 6.45) is 1.01. The van der Waals surface area contributed by atoms with E-state index in [0.29, 0.717) is 19.4 Å². The van der Waals surface area contributed by atoms with Gasteiger partial charge in [0.2, 0.25) is 0 Å². The van der Waals surface area contributed by atoms with Crippen LogP contribution in [0.3, 0.4) is 0 Å². The molecule has 0 radical (unpaired) electrons. The van der Waals surface area contributed by atoms with Crippen LogP contribution in [0.5, 0.6) is 0 Å². The summed E-state index contributed by atoms with van der Waals surface area (Å²) in [5.74, 6) is 0. The quantitative estimate of drug-likeness (QED) is 0.855. The standard InChI is InChI=1S/C12H19NO4S2/c1-9-12(2,6-8-17-9)13-19(15,16)11-4-3-10(18-11)5-7-14/h3-4,9,13-14H,5-8H2,1-2H3. The number of thiophene rings is 1. The molecule has 0 spiro atoms. The monoisotopic (exact) mass is 305 g/mol. The summed E-state index contributed by atoms with van der Waals surface area (Å²) in [5, 5.41) is 8.86. The van der Waals surface area contributed by atoms with Crippen LogP contribution >= 0.6 is 11.3 Å². The molecule has 1 aromatic rings. The zero-order valence-corrected chi connectivity index (χ0v) is 12.7. The Hall–Kier alpha value is -0.470. The summed E-state index contributed by atoms with van der Waals surface area (Å²) in [6, 6.07) is 3.33. The van der Waals surface area contributed by atoms with Crippen LogP contribution in [0.25, 0.3) is 0 Å². The molecule has 1 fully saturated rings. The summed E-state index contributed by atoms with van der Waals surface area (Å²) in [4.78, 5) is 0.865. The number of aliphatic hydroxyl groups is 1. The molecular weight excluding hydrogens is 286 g/mol. The van der Waals surface area contributed by atoms with E-state index in [-0.39, 0.29) is 16.9 Å². The summed E-state index contributed by atoms with van der Waals surface area (Å²) < 4.78 is 33.1. The highest BCUT2D eigenvalue weighted by Gasteiger charge is 2.40. The van der Waals surface area contributed by atoms with Crippen molar-refractivity contribution in [2.24, 2.45) is 0 Å². The zero-order chi connectivity index (χ0) is 14.1. The molecule has 0 aliphatic carbocycles. The Bertz CT molecular complexity index is 540. The minimum Gasteiger partial charge on any atom is -0.396 e. The zero-order valence-electron chi connectivity index (χ0n) is 11.0. The highest BCUT2D eigenvalue weighted by Crippen LogP contribution is 2.29. The first-order chi connectivity index (χ1) is 8.87. The molecule has 7 heteroatoms. The highest BCUT2D eigenvalue weighted by atomic mass is 32.2. The van der Waals surface area contributed by atoms with Crippen LogP contribution in [0.4, 0.5) is 0 Å². The van der Waals surface area contributed by atoms with Gasteiger partial charge in [-0.15, -0.1) is 11.3 Å². The molecular formula is C12H19NO4S2. The molecule has 1 saturated heterocycles. The van der Waals surface area contributed by atoms with E-state index in [9.17, 15) is 8.42 Å². The van der Waals surface area contributed by atoms with Crippen molar-refractivity contribution in [1.29, 1.82) is 0 Å². The topological polar surface area (TPSA) is 75.6 Å². The minimum absolute atomic E-state index is 0.0238. The number of nitrogens with one attached hydrogen (secondary N) is 1. The Balaban J connectivity index is 2.17. The van der Waals surface area contributed by atoms with Gasteiger partial charge in [0.15, 0.2) is 0 Å². The third kappa shape index (κ3) is 3.17. The molecule has 19 heavy (non-hydrogen) atoms. The Labute approximate surface area is 117 Å². The molecule has 0 bridgehead atoms. The van der Waals surface area contributed by atoms with Crippen LogP contribution in [0.15, 0.2) is 16.3 Å². The maximum Gasteiger partial charge on any atom is 0.250 e. The second-order valence-corrected chi connectivity index (χ2v) is 8.06. The lowest BCUT2D eigenvalue weighted by molar-refractivity contribution is 0.0957. The van der Waals surface area contributed by atoms with Gasteiger partial charge in [0.25, 0.3) is 10.0 Å². The van der Waals surface area contributed by atoms with Crippen LogP contribution in [-0.4, -0.2) is 38.4 Å². The van der Waals surface area contributed by atoms with Crippen molar-refractivity contribution in [3.8, 4) is 0 Å². The number of sulfonamides is 1. The number of hydrogen-bond acceptors (Lipinski definition) is 5. The third-order valence-electron chi connectivity index (χ3n) is 3.51.